The number of benzene rings is 1. The molecule has 0 saturated carbocycles. The molecule has 9 heteroatoms. The highest BCUT2D eigenvalue weighted by Gasteiger charge is 2.30. The van der Waals surface area contributed by atoms with Crippen molar-refractivity contribution in [2.75, 3.05) is 5.32 Å². The quantitative estimate of drug-likeness (QED) is 0.777. The number of hydrogen-bond donors (Lipinski definition) is 1. The lowest BCUT2D eigenvalue weighted by molar-refractivity contribution is -0.137. The Bertz CT molecular complexity index is 826. The highest BCUT2D eigenvalue weighted by molar-refractivity contribution is 6.33. The van der Waals surface area contributed by atoms with Crippen molar-refractivity contribution >= 4 is 28.9 Å². The van der Waals surface area contributed by atoms with Crippen LogP contribution in [0.25, 0.3) is 5.78 Å². The van der Waals surface area contributed by atoms with Gasteiger partial charge in [0, 0.05) is 5.69 Å². The molecule has 0 bridgehead atoms. The van der Waals surface area contributed by atoms with E-state index in [0.29, 0.717) is 28.0 Å². The Hall–Kier alpha value is -2.35. The molecule has 0 amide bonds. The molecule has 1 N–H and O–H groups in total. The van der Waals surface area contributed by atoms with Crippen molar-refractivity contribution in [1.29, 1.82) is 0 Å². The number of hydrogen-bond acceptors (Lipinski definition) is 4. The van der Waals surface area contributed by atoms with Crippen molar-refractivity contribution in [3.05, 3.63) is 46.9 Å². The van der Waals surface area contributed by atoms with E-state index in [1.165, 1.54) is 23.0 Å². The molecule has 0 aliphatic rings. The molecule has 0 fully saturated rings. The molecule has 0 spiro atoms. The number of fused-ring (bicyclic) bond motifs is 1. The lowest BCUT2D eigenvalue weighted by atomic mass is 10.2. The van der Waals surface area contributed by atoms with E-state index in [-0.39, 0.29) is 0 Å². The third-order valence-corrected chi connectivity index (χ3v) is 3.46. The summed E-state index contributed by atoms with van der Waals surface area (Å²) < 4.78 is 39.1. The molecule has 3 aromatic rings. The van der Waals surface area contributed by atoms with Gasteiger partial charge in [0.25, 0.3) is 5.78 Å². The summed E-state index contributed by atoms with van der Waals surface area (Å²) in [4.78, 5) is 8.12. The van der Waals surface area contributed by atoms with E-state index in [1.807, 2.05) is 0 Å². The Balaban J connectivity index is 2.00. The van der Waals surface area contributed by atoms with Crippen molar-refractivity contribution in [3.63, 3.8) is 0 Å². The van der Waals surface area contributed by atoms with Gasteiger partial charge >= 0.3 is 6.18 Å². The van der Waals surface area contributed by atoms with Crippen LogP contribution in [0.4, 0.5) is 24.7 Å². The van der Waals surface area contributed by atoms with Crippen LogP contribution in [0.15, 0.2) is 30.6 Å². The molecular weight excluding hydrogens is 319 g/mol. The fraction of sp³-hybridized carbons (Fsp3) is 0.154. The van der Waals surface area contributed by atoms with E-state index in [4.69, 9.17) is 11.6 Å². The Morgan fingerprint density at radius 1 is 1.18 bits per heavy atom. The van der Waals surface area contributed by atoms with Gasteiger partial charge in [-0.05, 0) is 31.2 Å². The largest absolute Gasteiger partial charge is 0.416 e. The normalized spacial score (nSPS) is 11.9. The molecule has 2 heterocycles. The second-order valence-electron chi connectivity index (χ2n) is 4.53. The molecule has 0 aliphatic heterocycles. The monoisotopic (exact) mass is 327 g/mol. The number of alkyl halides is 3. The maximum atomic E-state index is 12.6. The van der Waals surface area contributed by atoms with Gasteiger partial charge in [-0.2, -0.15) is 27.8 Å². The zero-order chi connectivity index (χ0) is 15.9. The molecule has 0 saturated heterocycles. The van der Waals surface area contributed by atoms with E-state index in [2.05, 4.69) is 20.4 Å². The van der Waals surface area contributed by atoms with Crippen LogP contribution in [0.2, 0.25) is 5.02 Å². The van der Waals surface area contributed by atoms with Crippen LogP contribution in [0.3, 0.4) is 0 Å². The van der Waals surface area contributed by atoms with E-state index >= 15 is 0 Å². The molecule has 0 unspecified atom stereocenters. The van der Waals surface area contributed by atoms with Crippen LogP contribution in [0.1, 0.15) is 11.3 Å². The topological polar surface area (TPSA) is 55.1 Å². The van der Waals surface area contributed by atoms with Gasteiger partial charge in [-0.25, -0.2) is 4.98 Å². The predicted molar refractivity (Wildman–Crippen MR) is 75.3 cm³/mol. The summed E-state index contributed by atoms with van der Waals surface area (Å²) in [5.41, 5.74) is 0.259. The molecular formula is C13H9ClF3N5. The lowest BCUT2D eigenvalue weighted by Gasteiger charge is -2.12. The highest BCUT2D eigenvalue weighted by atomic mass is 35.5. The standard InChI is InChI=1S/C13H9ClF3N5/c1-7-10(14)11(22-12(20-7)18-6-19-22)21-9-4-2-8(3-5-9)13(15,16)17/h2-6,21H,1H3. The van der Waals surface area contributed by atoms with Crippen molar-refractivity contribution in [2.24, 2.45) is 0 Å². The number of aromatic nitrogens is 4. The fourth-order valence-electron chi connectivity index (χ4n) is 1.92. The van der Waals surface area contributed by atoms with Gasteiger partial charge in [-0.15, -0.1) is 0 Å². The third-order valence-electron chi connectivity index (χ3n) is 3.01. The van der Waals surface area contributed by atoms with Gasteiger partial charge in [0.2, 0.25) is 0 Å². The van der Waals surface area contributed by atoms with Crippen molar-refractivity contribution in [2.45, 2.75) is 13.1 Å². The summed E-state index contributed by atoms with van der Waals surface area (Å²) in [6, 6.07) is 4.61. The van der Waals surface area contributed by atoms with Crippen molar-refractivity contribution in [3.8, 4) is 0 Å². The first-order valence-electron chi connectivity index (χ1n) is 6.16. The lowest BCUT2D eigenvalue weighted by Crippen LogP contribution is -2.06. The second kappa shape index (κ2) is 5.13. The summed E-state index contributed by atoms with van der Waals surface area (Å²) in [5, 5.41) is 7.25. The molecule has 5 nitrogen and oxygen atoms in total. The van der Waals surface area contributed by atoms with Gasteiger partial charge in [-0.1, -0.05) is 11.6 Å². The minimum atomic E-state index is -4.37. The molecule has 1 aromatic carbocycles. The fourth-order valence-corrected chi connectivity index (χ4v) is 2.09. The minimum absolute atomic E-state index is 0.317. The Morgan fingerprint density at radius 2 is 1.86 bits per heavy atom. The highest BCUT2D eigenvalue weighted by Crippen LogP contribution is 2.31. The average Bonchev–Trinajstić information content (AvgIpc) is 2.91. The molecule has 2 aromatic heterocycles. The molecule has 0 atom stereocenters. The Morgan fingerprint density at radius 3 is 2.50 bits per heavy atom. The van der Waals surface area contributed by atoms with Crippen LogP contribution in [0, 0.1) is 6.92 Å². The van der Waals surface area contributed by atoms with Gasteiger partial charge in [0.1, 0.15) is 11.3 Å². The van der Waals surface area contributed by atoms with Gasteiger partial charge < -0.3 is 5.32 Å². The number of rotatable bonds is 2. The number of nitrogens with zero attached hydrogens (tertiary/aromatic N) is 4. The molecule has 0 aliphatic carbocycles. The maximum Gasteiger partial charge on any atom is 0.416 e. The summed E-state index contributed by atoms with van der Waals surface area (Å²) in [7, 11) is 0. The number of anilines is 2. The first-order valence-corrected chi connectivity index (χ1v) is 6.54. The summed E-state index contributed by atoms with van der Waals surface area (Å²) in [6.45, 7) is 1.70. The first kappa shape index (κ1) is 14.6. The Labute approximate surface area is 127 Å². The summed E-state index contributed by atoms with van der Waals surface area (Å²) >= 11 is 6.19. The molecule has 3 rings (SSSR count). The minimum Gasteiger partial charge on any atom is -0.339 e. The SMILES string of the molecule is Cc1nc2ncnn2c(Nc2ccc(C(F)(F)F)cc2)c1Cl. The zero-order valence-corrected chi connectivity index (χ0v) is 11.9. The second-order valence-corrected chi connectivity index (χ2v) is 4.91. The van der Waals surface area contributed by atoms with Crippen molar-refractivity contribution in [1.82, 2.24) is 19.6 Å². The van der Waals surface area contributed by atoms with E-state index in [9.17, 15) is 13.2 Å². The number of nitrogens with one attached hydrogen (secondary N) is 1. The number of aryl methyl sites for hydroxylation is 1. The van der Waals surface area contributed by atoms with Crippen LogP contribution >= 0.6 is 11.6 Å². The summed E-state index contributed by atoms with van der Waals surface area (Å²) in [5.74, 6) is 0.734. The van der Waals surface area contributed by atoms with E-state index < -0.39 is 11.7 Å². The smallest absolute Gasteiger partial charge is 0.339 e. The van der Waals surface area contributed by atoms with E-state index in [0.717, 1.165) is 12.1 Å². The number of halogens is 4. The van der Waals surface area contributed by atoms with Crippen LogP contribution < -0.4 is 5.32 Å². The Kier molecular flexibility index (Phi) is 3.40. The maximum absolute atomic E-state index is 12.6. The first-order chi connectivity index (χ1) is 10.4. The van der Waals surface area contributed by atoms with E-state index in [1.54, 1.807) is 6.92 Å². The average molecular weight is 328 g/mol. The molecule has 114 valence electrons. The van der Waals surface area contributed by atoms with Crippen LogP contribution in [0.5, 0.6) is 0 Å². The van der Waals surface area contributed by atoms with Crippen molar-refractivity contribution < 1.29 is 13.2 Å². The van der Waals surface area contributed by atoms with Gasteiger partial charge in [-0.3, -0.25) is 0 Å². The third kappa shape index (κ3) is 2.57. The van der Waals surface area contributed by atoms with Gasteiger partial charge in [0.15, 0.2) is 5.82 Å². The van der Waals surface area contributed by atoms with Crippen LogP contribution in [-0.2, 0) is 6.18 Å². The van der Waals surface area contributed by atoms with Gasteiger partial charge in [0.05, 0.1) is 11.3 Å². The van der Waals surface area contributed by atoms with Crippen LogP contribution in [-0.4, -0.2) is 19.6 Å². The molecule has 0 radical (unpaired) electrons. The summed E-state index contributed by atoms with van der Waals surface area (Å²) in [6.07, 6.45) is -3.06. The predicted octanol–water partition coefficient (Wildman–Crippen LogP) is 3.85. The molecule has 22 heavy (non-hydrogen) atoms. The zero-order valence-electron chi connectivity index (χ0n) is 11.2.